The molecule has 0 rings (SSSR count). The Kier molecular flexibility index (Phi) is 6.40. The smallest absolute Gasteiger partial charge is 0.339 e. The van der Waals surface area contributed by atoms with Crippen molar-refractivity contribution in [2.45, 2.75) is 6.92 Å². The van der Waals surface area contributed by atoms with E-state index in [-0.39, 0.29) is 0 Å². The van der Waals surface area contributed by atoms with Gasteiger partial charge in [-0.25, -0.2) is 19.2 Å². The monoisotopic (exact) mass is 288 g/mol. The van der Waals surface area contributed by atoms with E-state index < -0.39 is 34.9 Å². The maximum atomic E-state index is 12.0. The number of ether oxygens (including phenoxy) is 4. The lowest BCUT2D eigenvalue weighted by Gasteiger charge is -2.26. The summed E-state index contributed by atoms with van der Waals surface area (Å²) in [6.07, 6.45) is 1.08. The predicted molar refractivity (Wildman–Crippen MR) is 64.3 cm³/mol. The molecule has 8 nitrogen and oxygen atoms in total. The van der Waals surface area contributed by atoms with Gasteiger partial charge in [-0.1, -0.05) is 6.08 Å². The number of carbonyl (C=O) groups excluding carboxylic acids is 4. The Morgan fingerprint density at radius 3 is 1.30 bits per heavy atom. The highest BCUT2D eigenvalue weighted by atomic mass is 16.6. The summed E-state index contributed by atoms with van der Waals surface area (Å²) < 4.78 is 17.8. The predicted octanol–water partition coefficient (Wildman–Crippen LogP) is -0.389. The van der Waals surface area contributed by atoms with Gasteiger partial charge in [-0.15, -0.1) is 0 Å². The zero-order valence-electron chi connectivity index (χ0n) is 11.8. The van der Waals surface area contributed by atoms with E-state index >= 15 is 0 Å². The lowest BCUT2D eigenvalue weighted by molar-refractivity contribution is -0.179. The van der Waals surface area contributed by atoms with Crippen LogP contribution in [-0.4, -0.2) is 52.3 Å². The molecule has 0 heterocycles. The second-order valence-electron chi connectivity index (χ2n) is 3.42. The molecule has 0 aromatic rings. The van der Waals surface area contributed by atoms with E-state index in [1.165, 1.54) is 6.92 Å². The molecule has 0 fully saturated rings. The van der Waals surface area contributed by atoms with E-state index in [0.29, 0.717) is 0 Å². The van der Waals surface area contributed by atoms with Crippen LogP contribution < -0.4 is 0 Å². The van der Waals surface area contributed by atoms with Crippen molar-refractivity contribution in [1.29, 1.82) is 0 Å². The van der Waals surface area contributed by atoms with Crippen LogP contribution in [0, 0.1) is 5.41 Å². The molecule has 8 heteroatoms. The van der Waals surface area contributed by atoms with Gasteiger partial charge in [0.25, 0.3) is 5.41 Å². The molecule has 20 heavy (non-hydrogen) atoms. The Hall–Kier alpha value is -2.38. The molecule has 0 N–H and O–H groups in total. The summed E-state index contributed by atoms with van der Waals surface area (Å²) in [6, 6.07) is 0. The largest absolute Gasteiger partial charge is 0.467 e. The number of hydrogen-bond acceptors (Lipinski definition) is 8. The van der Waals surface area contributed by atoms with Crippen LogP contribution >= 0.6 is 0 Å². The molecule has 0 aromatic carbocycles. The van der Waals surface area contributed by atoms with Crippen LogP contribution in [0.4, 0.5) is 0 Å². The van der Waals surface area contributed by atoms with Crippen molar-refractivity contribution in [3.05, 3.63) is 11.6 Å². The molecule has 112 valence electrons. The maximum Gasteiger partial charge on any atom is 0.339 e. The van der Waals surface area contributed by atoms with Crippen molar-refractivity contribution in [1.82, 2.24) is 0 Å². The number of carbonyl (C=O) groups is 4. The summed E-state index contributed by atoms with van der Waals surface area (Å²) in [5, 5.41) is 0. The van der Waals surface area contributed by atoms with Gasteiger partial charge in [-0.05, 0) is 6.92 Å². The summed E-state index contributed by atoms with van der Waals surface area (Å²) in [5.41, 5.74) is -3.23. The highest BCUT2D eigenvalue weighted by molar-refractivity contribution is 6.25. The first kappa shape index (κ1) is 17.6. The first-order valence-corrected chi connectivity index (χ1v) is 5.38. The molecule has 0 spiro atoms. The average molecular weight is 288 g/mol. The molecule has 0 saturated carbocycles. The molecular weight excluding hydrogens is 272 g/mol. The van der Waals surface area contributed by atoms with E-state index in [4.69, 9.17) is 0 Å². The SMILES string of the molecule is CC=C(C(=O)OC)C(C(=O)OC)(C(=O)OC)C(=O)OC. The third-order valence-electron chi connectivity index (χ3n) is 2.57. The van der Waals surface area contributed by atoms with Gasteiger partial charge in [0.05, 0.1) is 34.0 Å². The number of methoxy groups -OCH3 is 4. The Balaban J connectivity index is 6.40. The van der Waals surface area contributed by atoms with Crippen molar-refractivity contribution in [2.75, 3.05) is 28.4 Å². The standard InChI is InChI=1S/C12H16O8/c1-6-7(8(13)17-2)12(9(14)18-3,10(15)19-4)11(16)20-5/h6H,1-5H3. The molecule has 0 aromatic heterocycles. The van der Waals surface area contributed by atoms with Crippen molar-refractivity contribution in [3.8, 4) is 0 Å². The zero-order valence-corrected chi connectivity index (χ0v) is 11.8. The van der Waals surface area contributed by atoms with Crippen molar-refractivity contribution in [2.24, 2.45) is 5.41 Å². The molecule has 0 atom stereocenters. The van der Waals surface area contributed by atoms with Crippen LogP contribution in [0.5, 0.6) is 0 Å². The second-order valence-corrected chi connectivity index (χ2v) is 3.42. The third-order valence-corrected chi connectivity index (χ3v) is 2.57. The van der Waals surface area contributed by atoms with Crippen molar-refractivity contribution in [3.63, 3.8) is 0 Å². The van der Waals surface area contributed by atoms with Gasteiger partial charge in [0.2, 0.25) is 0 Å². The van der Waals surface area contributed by atoms with E-state index in [1.807, 2.05) is 0 Å². The number of esters is 4. The van der Waals surface area contributed by atoms with Gasteiger partial charge < -0.3 is 18.9 Å². The minimum Gasteiger partial charge on any atom is -0.467 e. The molecular formula is C12H16O8. The Morgan fingerprint density at radius 2 is 1.10 bits per heavy atom. The van der Waals surface area contributed by atoms with Gasteiger partial charge in [0, 0.05) is 0 Å². The van der Waals surface area contributed by atoms with Crippen LogP contribution in [0.3, 0.4) is 0 Å². The summed E-state index contributed by atoms with van der Waals surface area (Å²) in [4.78, 5) is 47.7. The number of rotatable bonds is 5. The Labute approximate surface area is 115 Å². The highest BCUT2D eigenvalue weighted by Crippen LogP contribution is 2.33. The molecule has 0 radical (unpaired) electrons. The molecule has 0 aliphatic carbocycles. The van der Waals surface area contributed by atoms with Crippen molar-refractivity contribution < 1.29 is 38.1 Å². The lowest BCUT2D eigenvalue weighted by atomic mass is 9.79. The Bertz CT molecular complexity index is 408. The van der Waals surface area contributed by atoms with Gasteiger partial charge in [0.1, 0.15) is 0 Å². The molecule has 0 aliphatic heterocycles. The minimum atomic E-state index is -2.68. The minimum absolute atomic E-state index is 0.550. The van der Waals surface area contributed by atoms with E-state index in [0.717, 1.165) is 34.5 Å². The molecule has 0 bridgehead atoms. The fraction of sp³-hybridized carbons (Fsp3) is 0.500. The second kappa shape index (κ2) is 7.27. The van der Waals surface area contributed by atoms with Gasteiger partial charge in [0.15, 0.2) is 0 Å². The summed E-state index contributed by atoms with van der Waals surface area (Å²) in [6.45, 7) is 1.34. The summed E-state index contributed by atoms with van der Waals surface area (Å²) in [7, 11) is 3.89. The molecule has 0 unspecified atom stereocenters. The fourth-order valence-corrected chi connectivity index (χ4v) is 1.64. The zero-order chi connectivity index (χ0) is 15.9. The third kappa shape index (κ3) is 2.63. The van der Waals surface area contributed by atoms with Crippen LogP contribution in [0.25, 0.3) is 0 Å². The summed E-state index contributed by atoms with van der Waals surface area (Å²) in [5.74, 6) is -4.99. The number of allylic oxidation sites excluding steroid dienone is 1. The Morgan fingerprint density at radius 1 is 0.750 bits per heavy atom. The average Bonchev–Trinajstić information content (AvgIpc) is 2.49. The first-order valence-electron chi connectivity index (χ1n) is 5.38. The van der Waals surface area contributed by atoms with Crippen LogP contribution in [0.2, 0.25) is 0 Å². The van der Waals surface area contributed by atoms with Crippen LogP contribution in [-0.2, 0) is 38.1 Å². The fourth-order valence-electron chi connectivity index (χ4n) is 1.64. The quantitative estimate of drug-likeness (QED) is 0.291. The van der Waals surface area contributed by atoms with Crippen molar-refractivity contribution >= 4 is 23.9 Å². The van der Waals surface area contributed by atoms with Gasteiger partial charge in [-0.2, -0.15) is 0 Å². The molecule has 0 aliphatic rings. The molecule has 0 amide bonds. The van der Waals surface area contributed by atoms with Gasteiger partial charge >= 0.3 is 23.9 Å². The van der Waals surface area contributed by atoms with Crippen LogP contribution in [0.1, 0.15) is 6.92 Å². The lowest BCUT2D eigenvalue weighted by Crippen LogP contribution is -2.51. The van der Waals surface area contributed by atoms with Crippen LogP contribution in [0.15, 0.2) is 11.6 Å². The normalized spacial score (nSPS) is 11.3. The topological polar surface area (TPSA) is 105 Å². The van der Waals surface area contributed by atoms with E-state index in [1.54, 1.807) is 0 Å². The maximum absolute atomic E-state index is 12.0. The highest BCUT2D eigenvalue weighted by Gasteiger charge is 2.62. The van der Waals surface area contributed by atoms with Gasteiger partial charge in [-0.3, -0.25) is 0 Å². The first-order chi connectivity index (χ1) is 9.37. The number of hydrogen-bond donors (Lipinski definition) is 0. The molecule has 0 saturated heterocycles. The summed E-state index contributed by atoms with van der Waals surface area (Å²) >= 11 is 0. The van der Waals surface area contributed by atoms with E-state index in [9.17, 15) is 19.2 Å². The van der Waals surface area contributed by atoms with E-state index in [2.05, 4.69) is 18.9 Å².